The lowest BCUT2D eigenvalue weighted by Gasteiger charge is -2.09. The van der Waals surface area contributed by atoms with Gasteiger partial charge in [0.25, 0.3) is 0 Å². The smallest absolute Gasteiger partial charge is 0.249 e. The molecule has 3 aromatic rings. The van der Waals surface area contributed by atoms with E-state index in [9.17, 15) is 10.1 Å². The van der Waals surface area contributed by atoms with Crippen LogP contribution in [0.5, 0.6) is 5.75 Å². The summed E-state index contributed by atoms with van der Waals surface area (Å²) in [6.07, 6.45) is 7.45. The monoisotopic (exact) mass is 414 g/mol. The summed E-state index contributed by atoms with van der Waals surface area (Å²) in [5.41, 5.74) is 3.78. The Morgan fingerprint density at radius 3 is 2.63 bits per heavy atom. The van der Waals surface area contributed by atoms with Gasteiger partial charge in [0.15, 0.2) is 0 Å². The van der Waals surface area contributed by atoms with Crippen LogP contribution in [0.3, 0.4) is 0 Å². The molecule has 0 unspecified atom stereocenters. The Hall–Kier alpha value is -3.36. The van der Waals surface area contributed by atoms with Gasteiger partial charge in [-0.15, -0.1) is 11.3 Å². The first kappa shape index (κ1) is 19.9. The molecule has 0 radical (unpaired) electrons. The molecule has 0 saturated heterocycles. The van der Waals surface area contributed by atoms with Crippen molar-refractivity contribution in [1.29, 1.82) is 5.26 Å². The molecule has 0 bridgehead atoms. The van der Waals surface area contributed by atoms with Crippen molar-refractivity contribution < 1.29 is 9.53 Å². The minimum Gasteiger partial charge on any atom is -0.489 e. The van der Waals surface area contributed by atoms with Crippen molar-refractivity contribution in [2.45, 2.75) is 32.3 Å². The second kappa shape index (κ2) is 9.43. The Morgan fingerprint density at radius 1 is 1.10 bits per heavy atom. The van der Waals surface area contributed by atoms with Gasteiger partial charge in [-0.2, -0.15) is 5.26 Å². The van der Waals surface area contributed by atoms with Crippen molar-refractivity contribution >= 4 is 28.3 Å². The molecule has 1 aliphatic rings. The van der Waals surface area contributed by atoms with Gasteiger partial charge in [0.1, 0.15) is 23.4 Å². The molecule has 1 aliphatic carbocycles. The summed E-state index contributed by atoms with van der Waals surface area (Å²) in [6, 6.07) is 19.9. The molecule has 4 rings (SSSR count). The molecule has 150 valence electrons. The van der Waals surface area contributed by atoms with Crippen LogP contribution >= 0.6 is 11.3 Å². The number of carbonyl (C=O) groups is 1. The van der Waals surface area contributed by atoms with Crippen molar-refractivity contribution in [3.05, 3.63) is 87.8 Å². The molecule has 1 amide bonds. The number of rotatable bonds is 6. The van der Waals surface area contributed by atoms with Crippen LogP contribution in [-0.2, 0) is 24.2 Å². The van der Waals surface area contributed by atoms with Crippen LogP contribution < -0.4 is 10.1 Å². The van der Waals surface area contributed by atoms with E-state index in [4.69, 9.17) is 4.74 Å². The number of thiophene rings is 1. The second-order valence-electron chi connectivity index (χ2n) is 7.19. The summed E-state index contributed by atoms with van der Waals surface area (Å²) in [6.45, 7) is 0.518. The molecule has 1 aromatic heterocycles. The number of anilines is 1. The molecule has 0 atom stereocenters. The van der Waals surface area contributed by atoms with E-state index in [-0.39, 0.29) is 5.91 Å². The molecule has 4 nitrogen and oxygen atoms in total. The first-order valence-electron chi connectivity index (χ1n) is 10.0. The third-order valence-electron chi connectivity index (χ3n) is 5.08. The third-order valence-corrected chi connectivity index (χ3v) is 6.28. The third kappa shape index (κ3) is 4.79. The first-order chi connectivity index (χ1) is 14.7. The highest BCUT2D eigenvalue weighted by Gasteiger charge is 2.21. The number of carbonyl (C=O) groups excluding carboxylic acids is 1. The molecular formula is C25H22N2O2S. The van der Waals surface area contributed by atoms with Gasteiger partial charge in [-0.3, -0.25) is 4.79 Å². The highest BCUT2D eigenvalue weighted by atomic mass is 32.1. The maximum Gasteiger partial charge on any atom is 0.249 e. The zero-order valence-electron chi connectivity index (χ0n) is 16.6. The maximum absolute atomic E-state index is 12.4. The minimum absolute atomic E-state index is 0.227. The van der Waals surface area contributed by atoms with Crippen molar-refractivity contribution in [3.8, 4) is 11.8 Å². The molecule has 0 aliphatic heterocycles. The summed E-state index contributed by atoms with van der Waals surface area (Å²) < 4.78 is 5.78. The van der Waals surface area contributed by atoms with Crippen molar-refractivity contribution in [2.75, 3.05) is 5.32 Å². The van der Waals surface area contributed by atoms with Crippen LogP contribution in [0.4, 0.5) is 5.00 Å². The molecule has 30 heavy (non-hydrogen) atoms. The molecule has 1 N–H and O–H groups in total. The SMILES string of the molecule is N#Cc1c(NC(=O)/C=C/c2ccc(OCc3ccccc3)cc2)sc2c1CCCC2. The van der Waals surface area contributed by atoms with Crippen LogP contribution in [0.15, 0.2) is 60.7 Å². The van der Waals surface area contributed by atoms with Gasteiger partial charge < -0.3 is 10.1 Å². The van der Waals surface area contributed by atoms with Gasteiger partial charge in [-0.1, -0.05) is 42.5 Å². The molecule has 0 saturated carbocycles. The molecule has 0 spiro atoms. The topological polar surface area (TPSA) is 62.1 Å². The zero-order valence-corrected chi connectivity index (χ0v) is 17.4. The van der Waals surface area contributed by atoms with Crippen LogP contribution in [0, 0.1) is 11.3 Å². The highest BCUT2D eigenvalue weighted by Crippen LogP contribution is 2.37. The maximum atomic E-state index is 12.4. The van der Waals surface area contributed by atoms with Crippen LogP contribution in [0.2, 0.25) is 0 Å². The minimum atomic E-state index is -0.227. The van der Waals surface area contributed by atoms with Gasteiger partial charge in [0, 0.05) is 11.0 Å². The summed E-state index contributed by atoms with van der Waals surface area (Å²) in [5.74, 6) is 0.554. The Bertz CT molecular complexity index is 1090. The fourth-order valence-corrected chi connectivity index (χ4v) is 4.76. The number of aryl methyl sites for hydroxylation is 1. The number of nitrogens with zero attached hydrogens (tertiary/aromatic N) is 1. The predicted octanol–water partition coefficient (Wildman–Crippen LogP) is 5.73. The quantitative estimate of drug-likeness (QED) is 0.524. The Balaban J connectivity index is 1.35. The highest BCUT2D eigenvalue weighted by molar-refractivity contribution is 7.16. The lowest BCUT2D eigenvalue weighted by molar-refractivity contribution is -0.111. The second-order valence-corrected chi connectivity index (χ2v) is 8.30. The van der Waals surface area contributed by atoms with Gasteiger partial charge in [-0.05, 0) is 60.6 Å². The number of nitrogens with one attached hydrogen (secondary N) is 1. The van der Waals surface area contributed by atoms with Crippen LogP contribution in [0.25, 0.3) is 6.08 Å². The zero-order chi connectivity index (χ0) is 20.8. The molecule has 5 heteroatoms. The standard InChI is InChI=1S/C25H22N2O2S/c26-16-22-21-8-4-5-9-23(21)30-25(22)27-24(28)15-12-18-10-13-20(14-11-18)29-17-19-6-2-1-3-7-19/h1-3,6-7,10-15H,4-5,8-9,17H2,(H,27,28)/b15-12+. The van der Waals surface area contributed by atoms with Crippen molar-refractivity contribution in [2.24, 2.45) is 0 Å². The Morgan fingerprint density at radius 2 is 1.87 bits per heavy atom. The van der Waals surface area contributed by atoms with Crippen LogP contribution in [0.1, 0.15) is 40.0 Å². The van der Waals surface area contributed by atoms with Gasteiger partial charge in [0.2, 0.25) is 5.91 Å². The lowest BCUT2D eigenvalue weighted by Crippen LogP contribution is -2.07. The summed E-state index contributed by atoms with van der Waals surface area (Å²) in [7, 11) is 0. The Labute approximate surface area is 180 Å². The first-order valence-corrected chi connectivity index (χ1v) is 10.8. The fraction of sp³-hybridized carbons (Fsp3) is 0.200. The number of fused-ring (bicyclic) bond motifs is 1. The predicted molar refractivity (Wildman–Crippen MR) is 121 cm³/mol. The summed E-state index contributed by atoms with van der Waals surface area (Å²) in [5, 5.41) is 13.1. The summed E-state index contributed by atoms with van der Waals surface area (Å²) >= 11 is 1.54. The normalized spacial score (nSPS) is 12.9. The number of hydrogen-bond donors (Lipinski definition) is 1. The fourth-order valence-electron chi connectivity index (χ4n) is 3.51. The largest absolute Gasteiger partial charge is 0.489 e. The molecular weight excluding hydrogens is 392 g/mol. The van der Waals surface area contributed by atoms with Crippen molar-refractivity contribution in [3.63, 3.8) is 0 Å². The van der Waals surface area contributed by atoms with E-state index in [0.717, 1.165) is 48.1 Å². The van der Waals surface area contributed by atoms with Crippen molar-refractivity contribution in [1.82, 2.24) is 0 Å². The molecule has 0 fully saturated rings. The van der Waals surface area contributed by atoms with E-state index >= 15 is 0 Å². The number of benzene rings is 2. The molecule has 2 aromatic carbocycles. The molecule has 1 heterocycles. The van der Waals surface area contributed by atoms with E-state index in [1.165, 1.54) is 22.3 Å². The van der Waals surface area contributed by atoms with Gasteiger partial charge in [0.05, 0.1) is 5.56 Å². The van der Waals surface area contributed by atoms with E-state index in [1.807, 2.05) is 54.6 Å². The van der Waals surface area contributed by atoms with E-state index in [0.29, 0.717) is 17.2 Å². The average Bonchev–Trinajstić information content (AvgIpc) is 3.14. The number of nitriles is 1. The Kier molecular flexibility index (Phi) is 6.26. The average molecular weight is 415 g/mol. The van der Waals surface area contributed by atoms with E-state index in [2.05, 4.69) is 11.4 Å². The lowest BCUT2D eigenvalue weighted by atomic mass is 9.96. The van der Waals surface area contributed by atoms with E-state index < -0.39 is 0 Å². The summed E-state index contributed by atoms with van der Waals surface area (Å²) in [4.78, 5) is 13.6. The van der Waals surface area contributed by atoms with Gasteiger partial charge >= 0.3 is 0 Å². The van der Waals surface area contributed by atoms with E-state index in [1.54, 1.807) is 6.08 Å². The van der Waals surface area contributed by atoms with Crippen LogP contribution in [-0.4, -0.2) is 5.91 Å². The van der Waals surface area contributed by atoms with Gasteiger partial charge in [-0.25, -0.2) is 0 Å². The number of ether oxygens (including phenoxy) is 1. The number of amides is 1. The number of hydrogen-bond acceptors (Lipinski definition) is 4.